The molecule has 1 aromatic heterocycles. The zero-order valence-electron chi connectivity index (χ0n) is 23.9. The summed E-state index contributed by atoms with van der Waals surface area (Å²) in [5.41, 5.74) is 8.67. The Hall–Kier alpha value is -4.88. The third-order valence-corrected chi connectivity index (χ3v) is 6.52. The predicted molar refractivity (Wildman–Crippen MR) is 169 cm³/mol. The number of aromatic amines is 1. The van der Waals surface area contributed by atoms with E-state index in [2.05, 4.69) is 43.5 Å². The fourth-order valence-electron chi connectivity index (χ4n) is 4.38. The molecule has 1 amide bonds. The summed E-state index contributed by atoms with van der Waals surface area (Å²) in [5.74, 6) is 5.82. The van der Waals surface area contributed by atoms with Crippen molar-refractivity contribution in [2.75, 3.05) is 24.2 Å². The molecule has 0 fully saturated rings. The van der Waals surface area contributed by atoms with Crippen LogP contribution in [-0.4, -0.2) is 59.0 Å². The zero-order chi connectivity index (χ0) is 31.6. The summed E-state index contributed by atoms with van der Waals surface area (Å²) < 4.78 is 0. The summed E-state index contributed by atoms with van der Waals surface area (Å²) in [6.45, 7) is 2.39. The van der Waals surface area contributed by atoms with Crippen molar-refractivity contribution in [2.24, 2.45) is 10.8 Å². The summed E-state index contributed by atoms with van der Waals surface area (Å²) in [6.07, 6.45) is 8.39. The molecule has 0 radical (unpaired) electrons. The van der Waals surface area contributed by atoms with Crippen LogP contribution >= 0.6 is 11.6 Å². The highest BCUT2D eigenvalue weighted by atomic mass is 35.5. The highest BCUT2D eigenvalue weighted by Crippen LogP contribution is 2.33. The van der Waals surface area contributed by atoms with Crippen LogP contribution in [0.1, 0.15) is 48.8 Å². The SMILES string of the molecule is CNc1ccc2c(c1)NCCCCC[C@H](NC(=O)/C=C/c1cc(Cl)ccc1N=CNN)c1nc-2c(C)[nH]1.O=CO.O=CO. The second kappa shape index (κ2) is 18.5. The van der Waals surface area contributed by atoms with E-state index < -0.39 is 0 Å². The van der Waals surface area contributed by atoms with Crippen molar-refractivity contribution in [2.45, 2.75) is 38.6 Å². The number of halogens is 1. The van der Waals surface area contributed by atoms with Gasteiger partial charge in [0.25, 0.3) is 12.9 Å². The second-order valence-electron chi connectivity index (χ2n) is 9.12. The number of nitrogens with two attached hydrogens (primary N) is 1. The van der Waals surface area contributed by atoms with E-state index in [1.807, 2.05) is 20.0 Å². The Morgan fingerprint density at radius 1 is 1.14 bits per heavy atom. The lowest BCUT2D eigenvalue weighted by Crippen LogP contribution is -2.28. The van der Waals surface area contributed by atoms with Crippen LogP contribution in [-0.2, 0) is 14.4 Å². The lowest BCUT2D eigenvalue weighted by Gasteiger charge is -2.17. The number of hydrogen-bond donors (Lipinski definition) is 8. The van der Waals surface area contributed by atoms with Gasteiger partial charge in [0.15, 0.2) is 0 Å². The minimum Gasteiger partial charge on any atom is -0.483 e. The average molecular weight is 613 g/mol. The van der Waals surface area contributed by atoms with Gasteiger partial charge in [0.05, 0.1) is 17.4 Å². The molecule has 0 saturated heterocycles. The van der Waals surface area contributed by atoms with Crippen molar-refractivity contribution in [3.8, 4) is 11.3 Å². The molecule has 1 aliphatic heterocycles. The van der Waals surface area contributed by atoms with Crippen molar-refractivity contribution in [3.63, 3.8) is 0 Å². The van der Waals surface area contributed by atoms with Gasteiger partial charge in [-0.15, -0.1) is 0 Å². The van der Waals surface area contributed by atoms with Gasteiger partial charge in [0.1, 0.15) is 12.2 Å². The van der Waals surface area contributed by atoms with E-state index in [-0.39, 0.29) is 24.9 Å². The summed E-state index contributed by atoms with van der Waals surface area (Å²) in [4.78, 5) is 42.3. The summed E-state index contributed by atoms with van der Waals surface area (Å²) in [6, 6.07) is 11.2. The molecule has 0 saturated carbocycles. The molecule has 9 N–H and O–H groups in total. The Bertz CT molecular complexity index is 1400. The highest BCUT2D eigenvalue weighted by molar-refractivity contribution is 6.30. The first-order valence-corrected chi connectivity index (χ1v) is 13.7. The van der Waals surface area contributed by atoms with E-state index in [1.165, 1.54) is 12.4 Å². The minimum absolute atomic E-state index is 0.222. The largest absolute Gasteiger partial charge is 0.483 e. The Morgan fingerprint density at radius 3 is 2.58 bits per heavy atom. The molecule has 230 valence electrons. The molecule has 2 bridgehead atoms. The third-order valence-electron chi connectivity index (χ3n) is 6.28. The van der Waals surface area contributed by atoms with Crippen molar-refractivity contribution in [3.05, 3.63) is 64.6 Å². The van der Waals surface area contributed by atoms with Crippen molar-refractivity contribution in [1.82, 2.24) is 20.7 Å². The number of hydrogen-bond acceptors (Lipinski definition) is 8. The highest BCUT2D eigenvalue weighted by Gasteiger charge is 2.21. The summed E-state index contributed by atoms with van der Waals surface area (Å²) >= 11 is 6.15. The van der Waals surface area contributed by atoms with Gasteiger partial charge in [0.2, 0.25) is 5.91 Å². The topological polar surface area (TPSA) is 207 Å². The molecular weight excluding hydrogens is 576 g/mol. The van der Waals surface area contributed by atoms with Gasteiger partial charge in [-0.25, -0.2) is 15.8 Å². The monoisotopic (exact) mass is 612 g/mol. The molecule has 2 aromatic carbocycles. The van der Waals surface area contributed by atoms with Gasteiger partial charge in [-0.2, -0.15) is 0 Å². The molecular formula is C29H37ClN8O5. The third kappa shape index (κ3) is 10.8. The fourth-order valence-corrected chi connectivity index (χ4v) is 4.56. The number of amides is 1. The van der Waals surface area contributed by atoms with Gasteiger partial charge in [-0.05, 0) is 62.2 Å². The minimum atomic E-state index is -0.250. The van der Waals surface area contributed by atoms with Gasteiger partial charge >= 0.3 is 0 Å². The molecule has 13 nitrogen and oxygen atoms in total. The van der Waals surface area contributed by atoms with E-state index in [4.69, 9.17) is 42.2 Å². The van der Waals surface area contributed by atoms with E-state index in [0.29, 0.717) is 16.3 Å². The van der Waals surface area contributed by atoms with Gasteiger partial charge in [-0.3, -0.25) is 14.4 Å². The normalized spacial score (nSPS) is 14.3. The first kappa shape index (κ1) is 34.3. The number of imidazole rings is 1. The number of nitrogens with zero attached hydrogens (tertiary/aromatic N) is 2. The van der Waals surface area contributed by atoms with E-state index >= 15 is 0 Å². The number of carboxylic acid groups (broad SMARTS) is 2. The van der Waals surface area contributed by atoms with E-state index in [1.54, 1.807) is 24.3 Å². The Labute approximate surface area is 254 Å². The second-order valence-corrected chi connectivity index (χ2v) is 9.55. The van der Waals surface area contributed by atoms with Crippen LogP contribution < -0.4 is 27.2 Å². The molecule has 1 aliphatic rings. The number of hydrazine groups is 1. The first-order valence-electron chi connectivity index (χ1n) is 13.4. The van der Waals surface area contributed by atoms with E-state index in [0.717, 1.165) is 66.4 Å². The molecule has 2 heterocycles. The maximum Gasteiger partial charge on any atom is 0.290 e. The number of H-pyrrole nitrogens is 1. The number of aromatic nitrogens is 2. The van der Waals surface area contributed by atoms with Crippen LogP contribution in [0.3, 0.4) is 0 Å². The summed E-state index contributed by atoms with van der Waals surface area (Å²) in [5, 5.41) is 24.2. The molecule has 0 aliphatic carbocycles. The molecule has 0 unspecified atom stereocenters. The van der Waals surface area contributed by atoms with Crippen LogP contribution in [0, 0.1) is 6.92 Å². The van der Waals surface area contributed by atoms with Crippen LogP contribution in [0.25, 0.3) is 17.3 Å². The molecule has 0 spiro atoms. The van der Waals surface area contributed by atoms with Crippen LogP contribution in [0.4, 0.5) is 17.1 Å². The number of aliphatic imine (C=N–C) groups is 1. The van der Waals surface area contributed by atoms with Gasteiger partial charge in [0, 0.05) is 52.9 Å². The number of carbonyl (C=O) groups excluding carboxylic acids is 1. The fraction of sp³-hybridized carbons (Fsp3) is 0.276. The molecule has 14 heteroatoms. The van der Waals surface area contributed by atoms with Gasteiger partial charge < -0.3 is 36.6 Å². The number of nitrogens with one attached hydrogen (secondary N) is 5. The number of benzene rings is 2. The van der Waals surface area contributed by atoms with Gasteiger partial charge in [-0.1, -0.05) is 24.4 Å². The van der Waals surface area contributed by atoms with Crippen molar-refractivity contribution in [1.29, 1.82) is 0 Å². The average Bonchev–Trinajstić information content (AvgIpc) is 3.38. The molecule has 43 heavy (non-hydrogen) atoms. The molecule has 3 aromatic rings. The number of aryl methyl sites for hydroxylation is 1. The lowest BCUT2D eigenvalue weighted by atomic mass is 10.1. The Balaban J connectivity index is 0.000000992. The number of anilines is 2. The number of fused-ring (bicyclic) bond motifs is 4. The van der Waals surface area contributed by atoms with Crippen LogP contribution in [0.5, 0.6) is 0 Å². The first-order chi connectivity index (χ1) is 20.8. The molecule has 4 rings (SSSR count). The summed E-state index contributed by atoms with van der Waals surface area (Å²) in [7, 11) is 1.91. The van der Waals surface area contributed by atoms with Crippen molar-refractivity contribution < 1.29 is 24.6 Å². The number of carbonyl (C=O) groups is 3. The van der Waals surface area contributed by atoms with Crippen molar-refractivity contribution >= 4 is 59.9 Å². The van der Waals surface area contributed by atoms with Crippen LogP contribution in [0.2, 0.25) is 5.02 Å². The standard InChI is InChI=1S/C27H33ClN8O.2CH2O2/c1-17-26-21-10-9-20(30-2)15-24(21)31-13-5-3-4-6-23(27(34-17)36-26)35-25(37)12-7-18-14-19(28)8-11-22(18)32-16-33-29;2*2-1-3/h7-12,14-16,23,30-31H,3-6,13,29H2,1-2H3,(H,32,33)(H,34,36)(H,35,37);2*1H,(H,2,3)/b12-7+;;/t23-;;/m0../s1. The van der Waals surface area contributed by atoms with E-state index in [9.17, 15) is 4.79 Å². The maximum absolute atomic E-state index is 13.0. The smallest absolute Gasteiger partial charge is 0.290 e. The maximum atomic E-state index is 13.0. The Kier molecular flexibility index (Phi) is 14.8. The Morgan fingerprint density at radius 2 is 1.88 bits per heavy atom. The lowest BCUT2D eigenvalue weighted by molar-refractivity contribution is -0.123. The van der Waals surface area contributed by atoms with Crippen LogP contribution in [0.15, 0.2) is 47.5 Å². The molecule has 1 atom stereocenters. The number of rotatable bonds is 6. The quantitative estimate of drug-likeness (QED) is 0.0489. The zero-order valence-corrected chi connectivity index (χ0v) is 24.7. The predicted octanol–water partition coefficient (Wildman–Crippen LogP) is 4.46.